The van der Waals surface area contributed by atoms with E-state index in [4.69, 9.17) is 14.2 Å². The van der Waals surface area contributed by atoms with E-state index in [1.807, 2.05) is 18.2 Å². The summed E-state index contributed by atoms with van der Waals surface area (Å²) in [6, 6.07) is 27.2. The highest BCUT2D eigenvalue weighted by molar-refractivity contribution is 6.26. The number of carbonyl (C=O) groups excluding carboxylic acids is 5. The minimum absolute atomic E-state index is 0.0142. The van der Waals surface area contributed by atoms with E-state index in [0.717, 1.165) is 11.1 Å². The Bertz CT molecular complexity index is 1740. The summed E-state index contributed by atoms with van der Waals surface area (Å²) in [5.74, 6) is -3.06. The molecule has 1 aliphatic rings. The van der Waals surface area contributed by atoms with Crippen molar-refractivity contribution in [3.8, 4) is 11.1 Å². The summed E-state index contributed by atoms with van der Waals surface area (Å²) >= 11 is 0. The third-order valence-corrected chi connectivity index (χ3v) is 7.52. The van der Waals surface area contributed by atoms with Gasteiger partial charge in [-0.25, -0.2) is 0 Å². The first-order chi connectivity index (χ1) is 21.8. The Hall–Kier alpha value is -5.57. The van der Waals surface area contributed by atoms with Gasteiger partial charge in [0.2, 0.25) is 5.41 Å². The second-order valence-electron chi connectivity index (χ2n) is 10.3. The zero-order valence-corrected chi connectivity index (χ0v) is 24.8. The number of hydrogen-bond donors (Lipinski definition) is 1. The number of esters is 3. The number of benzene rings is 4. The van der Waals surface area contributed by atoms with Gasteiger partial charge in [0, 0.05) is 16.8 Å². The number of amides is 1. The second-order valence-corrected chi connectivity index (χ2v) is 10.3. The molecule has 4 aromatic carbocycles. The number of hydrogen-bond acceptors (Lipinski definition) is 8. The van der Waals surface area contributed by atoms with Crippen LogP contribution in [0.1, 0.15) is 51.3 Å². The molecular weight excluding hydrogens is 574 g/mol. The van der Waals surface area contributed by atoms with Crippen LogP contribution in [0.15, 0.2) is 97.1 Å². The van der Waals surface area contributed by atoms with Gasteiger partial charge in [-0.15, -0.1) is 0 Å². The molecule has 1 amide bonds. The highest BCUT2D eigenvalue weighted by Crippen LogP contribution is 2.38. The lowest BCUT2D eigenvalue weighted by molar-refractivity contribution is -0.170. The molecule has 0 fully saturated rings. The average Bonchev–Trinajstić information content (AvgIpc) is 3.35. The van der Waals surface area contributed by atoms with Crippen molar-refractivity contribution in [1.29, 1.82) is 0 Å². The Kier molecular flexibility index (Phi) is 9.18. The summed E-state index contributed by atoms with van der Waals surface area (Å²) in [6.45, 7) is 2.65. The topological polar surface area (TPSA) is 125 Å². The van der Waals surface area contributed by atoms with Crippen LogP contribution in [0.25, 0.3) is 11.1 Å². The molecule has 5 rings (SSSR count). The molecular formula is C36H31NO8. The maximum Gasteiger partial charge on any atom is 0.331 e. The number of nitrogens with one attached hydrogen (secondary N) is 1. The van der Waals surface area contributed by atoms with Crippen molar-refractivity contribution in [2.24, 2.45) is 0 Å². The summed E-state index contributed by atoms with van der Waals surface area (Å²) in [7, 11) is 0. The van der Waals surface area contributed by atoms with E-state index in [1.54, 1.807) is 92.7 Å². The Morgan fingerprint density at radius 1 is 0.667 bits per heavy atom. The first-order valence-electron chi connectivity index (χ1n) is 14.5. The van der Waals surface area contributed by atoms with Gasteiger partial charge in [-0.3, -0.25) is 24.0 Å². The van der Waals surface area contributed by atoms with Crippen LogP contribution in [0.3, 0.4) is 0 Å². The number of ether oxygens (including phenoxy) is 3. The summed E-state index contributed by atoms with van der Waals surface area (Å²) in [6.07, 6.45) is -0.163. The molecule has 9 heteroatoms. The van der Waals surface area contributed by atoms with Crippen LogP contribution >= 0.6 is 0 Å². The Morgan fingerprint density at radius 2 is 1.27 bits per heavy atom. The van der Waals surface area contributed by atoms with Crippen molar-refractivity contribution in [1.82, 2.24) is 0 Å². The molecule has 0 saturated carbocycles. The third kappa shape index (κ3) is 6.10. The Balaban J connectivity index is 1.27. The summed E-state index contributed by atoms with van der Waals surface area (Å²) in [5, 5.41) is 2.82. The second kappa shape index (κ2) is 13.4. The Labute approximate surface area is 260 Å². The first-order valence-corrected chi connectivity index (χ1v) is 14.5. The molecule has 1 aliphatic carbocycles. The first kappa shape index (κ1) is 30.9. The number of rotatable bonds is 11. The van der Waals surface area contributed by atoms with Crippen molar-refractivity contribution < 1.29 is 38.2 Å². The maximum absolute atomic E-state index is 13.2. The number of carbonyl (C=O) groups is 5. The molecule has 0 saturated heterocycles. The molecule has 9 nitrogen and oxygen atoms in total. The quantitative estimate of drug-likeness (QED) is 0.122. The monoisotopic (exact) mass is 605 g/mol. The van der Waals surface area contributed by atoms with Gasteiger partial charge < -0.3 is 19.5 Å². The lowest BCUT2D eigenvalue weighted by Crippen LogP contribution is -2.50. The van der Waals surface area contributed by atoms with Crippen molar-refractivity contribution in [3.63, 3.8) is 0 Å². The molecule has 0 radical (unpaired) electrons. The van der Waals surface area contributed by atoms with E-state index in [-0.39, 0.29) is 36.5 Å². The molecule has 0 atom stereocenters. The number of fused-ring (bicyclic) bond motifs is 3. The number of anilines is 1. The predicted octanol–water partition coefficient (Wildman–Crippen LogP) is 5.30. The summed E-state index contributed by atoms with van der Waals surface area (Å²) in [4.78, 5) is 65.5. The van der Waals surface area contributed by atoms with Gasteiger partial charge >= 0.3 is 17.9 Å². The fourth-order valence-electron chi connectivity index (χ4n) is 5.32. The molecule has 0 bridgehead atoms. The van der Waals surface area contributed by atoms with Crippen molar-refractivity contribution in [3.05, 3.63) is 125 Å². The minimum Gasteiger partial charge on any atom is -0.465 e. The molecule has 4 aromatic rings. The molecule has 1 N–H and O–H groups in total. The van der Waals surface area contributed by atoms with Gasteiger partial charge in [0.05, 0.1) is 25.2 Å². The van der Waals surface area contributed by atoms with Crippen LogP contribution in [0, 0.1) is 0 Å². The molecule has 0 aliphatic heterocycles. The smallest absolute Gasteiger partial charge is 0.331 e. The highest BCUT2D eigenvalue weighted by Gasteiger charge is 2.52. The van der Waals surface area contributed by atoms with Crippen molar-refractivity contribution >= 4 is 35.3 Å². The average molecular weight is 606 g/mol. The zero-order chi connectivity index (χ0) is 32.0. The SMILES string of the molecule is CCOC(=O)C(COC(=O)Cc1ccc(NC(=O)c2cccc3c2C(=O)c2ccccc2-3)cc1)(C(=O)OCC)c1ccccc1. The van der Waals surface area contributed by atoms with Crippen LogP contribution in [0.2, 0.25) is 0 Å². The van der Waals surface area contributed by atoms with Gasteiger partial charge in [-0.2, -0.15) is 0 Å². The van der Waals surface area contributed by atoms with E-state index in [9.17, 15) is 24.0 Å². The van der Waals surface area contributed by atoms with Crippen LogP contribution < -0.4 is 5.32 Å². The van der Waals surface area contributed by atoms with E-state index in [0.29, 0.717) is 22.4 Å². The molecule has 228 valence electrons. The van der Waals surface area contributed by atoms with E-state index >= 15 is 0 Å². The minimum atomic E-state index is -1.99. The fraction of sp³-hybridized carbons (Fsp3) is 0.194. The van der Waals surface area contributed by atoms with Crippen LogP contribution in [0.5, 0.6) is 0 Å². The van der Waals surface area contributed by atoms with Crippen LogP contribution in [-0.4, -0.2) is 49.4 Å². The lowest BCUT2D eigenvalue weighted by atomic mass is 9.81. The summed E-state index contributed by atoms with van der Waals surface area (Å²) < 4.78 is 15.9. The third-order valence-electron chi connectivity index (χ3n) is 7.52. The van der Waals surface area contributed by atoms with E-state index < -0.39 is 35.8 Å². The molecule has 0 spiro atoms. The van der Waals surface area contributed by atoms with Crippen LogP contribution in [-0.2, 0) is 40.4 Å². The number of ketones is 1. The standard InChI is InChI=1S/C36H31NO8/c1-3-43-34(41)36(35(42)44-4-2,24-11-6-5-7-12-24)22-45-30(38)21-23-17-19-25(20-18-23)37-33(40)29-16-10-15-27-26-13-8-9-14-28(26)32(39)31(27)29/h5-20H,3-4,21-22H2,1-2H3,(H,37,40). The van der Waals surface area contributed by atoms with E-state index in [2.05, 4.69) is 5.32 Å². The van der Waals surface area contributed by atoms with Gasteiger partial charge in [0.25, 0.3) is 5.91 Å². The van der Waals surface area contributed by atoms with Crippen molar-refractivity contribution in [2.45, 2.75) is 25.7 Å². The Morgan fingerprint density at radius 3 is 1.91 bits per heavy atom. The maximum atomic E-state index is 13.2. The van der Waals surface area contributed by atoms with Gasteiger partial charge in [0.1, 0.15) is 6.61 Å². The summed E-state index contributed by atoms with van der Waals surface area (Å²) in [5.41, 5.74) is 2.05. The lowest BCUT2D eigenvalue weighted by Gasteiger charge is -2.29. The van der Waals surface area contributed by atoms with Crippen LogP contribution in [0.4, 0.5) is 5.69 Å². The van der Waals surface area contributed by atoms with Gasteiger partial charge in [0.15, 0.2) is 5.78 Å². The normalized spacial score (nSPS) is 11.6. The molecule has 0 aromatic heterocycles. The molecule has 0 heterocycles. The fourth-order valence-corrected chi connectivity index (χ4v) is 5.32. The van der Waals surface area contributed by atoms with Gasteiger partial charge in [-0.05, 0) is 54.3 Å². The predicted molar refractivity (Wildman–Crippen MR) is 166 cm³/mol. The molecule has 45 heavy (non-hydrogen) atoms. The zero-order valence-electron chi connectivity index (χ0n) is 24.8. The van der Waals surface area contributed by atoms with E-state index in [1.165, 1.54) is 0 Å². The van der Waals surface area contributed by atoms with Gasteiger partial charge in [-0.1, -0.05) is 78.9 Å². The van der Waals surface area contributed by atoms with Crippen molar-refractivity contribution in [2.75, 3.05) is 25.1 Å². The molecule has 0 unspecified atom stereocenters. The highest BCUT2D eigenvalue weighted by atomic mass is 16.6. The largest absolute Gasteiger partial charge is 0.465 e.